The van der Waals surface area contributed by atoms with Crippen molar-refractivity contribution in [2.75, 3.05) is 19.6 Å². The Morgan fingerprint density at radius 3 is 2.67 bits per heavy atom. The van der Waals surface area contributed by atoms with Crippen molar-refractivity contribution in [1.82, 2.24) is 4.90 Å². The van der Waals surface area contributed by atoms with Gasteiger partial charge in [0.2, 0.25) is 0 Å². The van der Waals surface area contributed by atoms with Gasteiger partial charge in [0.15, 0.2) is 0 Å². The van der Waals surface area contributed by atoms with Crippen LogP contribution in [0.3, 0.4) is 0 Å². The second-order valence-electron chi connectivity index (χ2n) is 7.00. The summed E-state index contributed by atoms with van der Waals surface area (Å²) in [5.41, 5.74) is 4.02. The lowest BCUT2D eigenvalue weighted by Crippen LogP contribution is -2.35. The van der Waals surface area contributed by atoms with Crippen LogP contribution in [0.5, 0.6) is 5.75 Å². The standard InChI is InChI=1S/C21H26BrNO/c1-16-5-6-21(22)19(13-16)14-18-8-11-23(12-9-18)10-7-17-3-2-4-20(24)15-17/h2-6,13,15,18,24H,7-12,14H2,1H3. The summed E-state index contributed by atoms with van der Waals surface area (Å²) in [6.45, 7) is 5.63. The largest absolute Gasteiger partial charge is 0.508 e. The van der Waals surface area contributed by atoms with Crippen LogP contribution in [0.25, 0.3) is 0 Å². The van der Waals surface area contributed by atoms with Crippen LogP contribution in [-0.4, -0.2) is 29.6 Å². The summed E-state index contributed by atoms with van der Waals surface area (Å²) >= 11 is 3.69. The van der Waals surface area contributed by atoms with Crippen LogP contribution in [0, 0.1) is 12.8 Å². The van der Waals surface area contributed by atoms with E-state index in [0.717, 1.165) is 18.9 Å². The lowest BCUT2D eigenvalue weighted by molar-refractivity contribution is 0.186. The molecule has 1 saturated heterocycles. The molecule has 0 radical (unpaired) electrons. The molecule has 1 aliphatic rings. The number of piperidine rings is 1. The number of aromatic hydroxyl groups is 1. The van der Waals surface area contributed by atoms with Crippen molar-refractivity contribution in [1.29, 1.82) is 0 Å². The van der Waals surface area contributed by atoms with Gasteiger partial charge < -0.3 is 10.0 Å². The van der Waals surface area contributed by atoms with Gasteiger partial charge in [-0.15, -0.1) is 0 Å². The maximum absolute atomic E-state index is 9.55. The van der Waals surface area contributed by atoms with Gasteiger partial charge in [-0.1, -0.05) is 45.8 Å². The molecule has 0 saturated carbocycles. The van der Waals surface area contributed by atoms with E-state index in [9.17, 15) is 5.11 Å². The number of rotatable bonds is 5. The summed E-state index contributed by atoms with van der Waals surface area (Å²) in [5, 5.41) is 9.55. The first-order chi connectivity index (χ1) is 11.6. The van der Waals surface area contributed by atoms with E-state index in [2.05, 4.69) is 52.0 Å². The van der Waals surface area contributed by atoms with E-state index in [4.69, 9.17) is 0 Å². The van der Waals surface area contributed by atoms with Gasteiger partial charge in [0.1, 0.15) is 5.75 Å². The number of likely N-dealkylation sites (tertiary alicyclic amines) is 1. The van der Waals surface area contributed by atoms with Gasteiger partial charge in [0, 0.05) is 11.0 Å². The third kappa shape index (κ3) is 4.84. The molecule has 3 heteroatoms. The van der Waals surface area contributed by atoms with Crippen LogP contribution in [0.15, 0.2) is 46.9 Å². The minimum atomic E-state index is 0.370. The van der Waals surface area contributed by atoms with E-state index in [1.165, 1.54) is 53.5 Å². The Morgan fingerprint density at radius 1 is 1.12 bits per heavy atom. The molecule has 1 aliphatic heterocycles. The molecule has 128 valence electrons. The molecule has 0 aliphatic carbocycles. The SMILES string of the molecule is Cc1ccc(Br)c(CC2CCN(CCc3cccc(O)c3)CC2)c1. The highest BCUT2D eigenvalue weighted by molar-refractivity contribution is 9.10. The maximum atomic E-state index is 9.55. The minimum absolute atomic E-state index is 0.370. The second kappa shape index (κ2) is 8.17. The van der Waals surface area contributed by atoms with Crippen molar-refractivity contribution in [2.24, 2.45) is 5.92 Å². The first-order valence-corrected chi connectivity index (χ1v) is 9.65. The molecule has 3 rings (SSSR count). The predicted octanol–water partition coefficient (Wildman–Crippen LogP) is 4.96. The fourth-order valence-electron chi connectivity index (χ4n) is 3.58. The van der Waals surface area contributed by atoms with E-state index < -0.39 is 0 Å². The van der Waals surface area contributed by atoms with E-state index in [1.54, 1.807) is 6.07 Å². The first-order valence-electron chi connectivity index (χ1n) is 8.85. The molecule has 0 atom stereocenters. The van der Waals surface area contributed by atoms with Crippen LogP contribution in [-0.2, 0) is 12.8 Å². The quantitative estimate of drug-likeness (QED) is 0.783. The van der Waals surface area contributed by atoms with Gasteiger partial charge in [0.25, 0.3) is 0 Å². The number of halogens is 1. The summed E-state index contributed by atoms with van der Waals surface area (Å²) in [5.74, 6) is 1.16. The van der Waals surface area contributed by atoms with Gasteiger partial charge in [-0.3, -0.25) is 0 Å². The Balaban J connectivity index is 1.46. The molecule has 2 aromatic carbocycles. The summed E-state index contributed by atoms with van der Waals surface area (Å²) in [6, 6.07) is 14.3. The maximum Gasteiger partial charge on any atom is 0.115 e. The van der Waals surface area contributed by atoms with Gasteiger partial charge in [0.05, 0.1) is 0 Å². The lowest BCUT2D eigenvalue weighted by atomic mass is 9.89. The molecule has 2 nitrogen and oxygen atoms in total. The molecule has 0 unspecified atom stereocenters. The van der Waals surface area contributed by atoms with E-state index in [1.807, 2.05) is 12.1 Å². The topological polar surface area (TPSA) is 23.5 Å². The summed E-state index contributed by atoms with van der Waals surface area (Å²) in [7, 11) is 0. The fraction of sp³-hybridized carbons (Fsp3) is 0.429. The predicted molar refractivity (Wildman–Crippen MR) is 104 cm³/mol. The molecule has 0 spiro atoms. The van der Waals surface area contributed by atoms with E-state index >= 15 is 0 Å². The number of phenolic OH excluding ortho intramolecular Hbond substituents is 1. The third-order valence-electron chi connectivity index (χ3n) is 5.04. The van der Waals surface area contributed by atoms with Crippen LogP contribution in [0.2, 0.25) is 0 Å². The zero-order chi connectivity index (χ0) is 16.9. The van der Waals surface area contributed by atoms with Crippen LogP contribution < -0.4 is 0 Å². The van der Waals surface area contributed by atoms with Gasteiger partial charge in [-0.05, 0) is 80.9 Å². The number of nitrogens with zero attached hydrogens (tertiary/aromatic N) is 1. The smallest absolute Gasteiger partial charge is 0.115 e. The second-order valence-corrected chi connectivity index (χ2v) is 7.86. The fourth-order valence-corrected chi connectivity index (χ4v) is 3.99. The highest BCUT2D eigenvalue weighted by atomic mass is 79.9. The average Bonchev–Trinajstić information content (AvgIpc) is 2.58. The van der Waals surface area contributed by atoms with Crippen molar-refractivity contribution in [3.63, 3.8) is 0 Å². The molecule has 1 fully saturated rings. The number of hydrogen-bond acceptors (Lipinski definition) is 2. The Hall–Kier alpha value is -1.32. The number of phenols is 1. The highest BCUT2D eigenvalue weighted by Crippen LogP contribution is 2.26. The molecule has 0 amide bonds. The molecule has 2 aromatic rings. The summed E-state index contributed by atoms with van der Waals surface area (Å²) in [4.78, 5) is 2.56. The number of aryl methyl sites for hydroxylation is 1. The molecule has 1 N–H and O–H groups in total. The molecule has 24 heavy (non-hydrogen) atoms. The monoisotopic (exact) mass is 387 g/mol. The zero-order valence-corrected chi connectivity index (χ0v) is 15.9. The molecule has 0 bridgehead atoms. The Bertz CT molecular complexity index is 677. The van der Waals surface area contributed by atoms with Crippen LogP contribution in [0.1, 0.15) is 29.5 Å². The van der Waals surface area contributed by atoms with Crippen molar-refractivity contribution in [3.8, 4) is 5.75 Å². The van der Waals surface area contributed by atoms with E-state index in [-0.39, 0.29) is 0 Å². The van der Waals surface area contributed by atoms with Crippen LogP contribution in [0.4, 0.5) is 0 Å². The molecular weight excluding hydrogens is 362 g/mol. The molecule has 0 aromatic heterocycles. The third-order valence-corrected chi connectivity index (χ3v) is 5.82. The van der Waals surface area contributed by atoms with Crippen molar-refractivity contribution >= 4 is 15.9 Å². The molecule has 1 heterocycles. The normalized spacial score (nSPS) is 16.4. The molecular formula is C21H26BrNO. The van der Waals surface area contributed by atoms with E-state index in [0.29, 0.717) is 5.75 Å². The Morgan fingerprint density at radius 2 is 1.92 bits per heavy atom. The van der Waals surface area contributed by atoms with Gasteiger partial charge >= 0.3 is 0 Å². The van der Waals surface area contributed by atoms with Gasteiger partial charge in [-0.2, -0.15) is 0 Å². The zero-order valence-electron chi connectivity index (χ0n) is 14.3. The van der Waals surface area contributed by atoms with Crippen molar-refractivity contribution in [2.45, 2.75) is 32.6 Å². The number of benzene rings is 2. The average molecular weight is 388 g/mol. The highest BCUT2D eigenvalue weighted by Gasteiger charge is 2.20. The summed E-state index contributed by atoms with van der Waals surface area (Å²) in [6.07, 6.45) is 4.76. The minimum Gasteiger partial charge on any atom is -0.508 e. The summed E-state index contributed by atoms with van der Waals surface area (Å²) < 4.78 is 1.25. The van der Waals surface area contributed by atoms with Crippen molar-refractivity contribution in [3.05, 3.63) is 63.6 Å². The lowest BCUT2D eigenvalue weighted by Gasteiger charge is -2.32. The van der Waals surface area contributed by atoms with Crippen LogP contribution >= 0.6 is 15.9 Å². The Labute approximate surface area is 153 Å². The first kappa shape index (κ1) is 17.5. The Kier molecular flexibility index (Phi) is 5.96. The van der Waals surface area contributed by atoms with Gasteiger partial charge in [-0.25, -0.2) is 0 Å². The van der Waals surface area contributed by atoms with Crippen molar-refractivity contribution < 1.29 is 5.11 Å². The number of hydrogen-bond donors (Lipinski definition) is 1.